The zero-order valence-electron chi connectivity index (χ0n) is 20.6. The predicted molar refractivity (Wildman–Crippen MR) is 152 cm³/mol. The molecule has 38 heavy (non-hydrogen) atoms. The molecule has 2 aliphatic rings. The standard InChI is InChI=1S/C21H23N7O2S3.C2H4O2.Pb/c1-15-19(20(22)28(25-15)17-5-3-2-4-6-17)21(31)32-26-24-16-7-9-18(10-8-16)33(29,30)27-13-11-23-12-14-27;1-2(3)4;/h2-10,22-23,31H,11-14H2,1H3;1H3,(H,3,4);/q;;+2/p-2/b21-19-,22-20?,26-24?;;. The van der Waals surface area contributed by atoms with Crippen LogP contribution in [0.2, 0.25) is 0 Å². The number of carbonyl (C=O) groups is 1. The Morgan fingerprint density at radius 3 is 2.47 bits per heavy atom. The second-order valence-electron chi connectivity index (χ2n) is 8.04. The fourth-order valence-corrected chi connectivity index (χ4v) is 12.5. The molecule has 2 heterocycles. The van der Waals surface area contributed by atoms with E-state index in [1.165, 1.54) is 31.7 Å². The monoisotopic (exact) mass is 767 g/mol. The van der Waals surface area contributed by atoms with Crippen molar-refractivity contribution in [2.45, 2.75) is 18.7 Å². The second-order valence-corrected chi connectivity index (χ2v) is 16.9. The van der Waals surface area contributed by atoms with Gasteiger partial charge in [-0.3, -0.25) is 0 Å². The molecule has 2 aromatic carbocycles. The number of anilines is 1. The van der Waals surface area contributed by atoms with E-state index < -0.39 is 33.2 Å². The van der Waals surface area contributed by atoms with Crippen molar-refractivity contribution in [1.82, 2.24) is 9.62 Å². The number of amidine groups is 1. The van der Waals surface area contributed by atoms with Gasteiger partial charge in [0.05, 0.1) is 0 Å². The van der Waals surface area contributed by atoms with Crippen molar-refractivity contribution in [2.75, 3.05) is 31.2 Å². The van der Waals surface area contributed by atoms with Crippen LogP contribution in [0.15, 0.2) is 84.0 Å². The number of piperazine rings is 1. The van der Waals surface area contributed by atoms with Crippen LogP contribution in [0, 0.1) is 5.41 Å². The molecule has 0 unspecified atom stereocenters. The molecule has 11 nitrogen and oxygen atoms in total. The molecule has 2 aliphatic heterocycles. The third-order valence-corrected chi connectivity index (χ3v) is 16.1. The Balaban J connectivity index is 1.51. The minimum absolute atomic E-state index is 0.202. The van der Waals surface area contributed by atoms with Gasteiger partial charge >= 0.3 is 224 Å². The summed E-state index contributed by atoms with van der Waals surface area (Å²) >= 11 is -0.791. The topological polar surface area (TPSA) is 140 Å². The van der Waals surface area contributed by atoms with Crippen LogP contribution in [-0.2, 0) is 17.5 Å². The van der Waals surface area contributed by atoms with E-state index in [9.17, 15) is 13.2 Å². The number of rotatable bonds is 9. The summed E-state index contributed by atoms with van der Waals surface area (Å²) in [5, 5.41) is 22.2. The van der Waals surface area contributed by atoms with Crippen molar-refractivity contribution in [3.05, 3.63) is 64.4 Å². The van der Waals surface area contributed by atoms with Gasteiger partial charge in [0.25, 0.3) is 0 Å². The van der Waals surface area contributed by atoms with Crippen molar-refractivity contribution in [2.24, 2.45) is 14.7 Å². The van der Waals surface area contributed by atoms with Gasteiger partial charge in [-0.2, -0.15) is 0 Å². The van der Waals surface area contributed by atoms with Crippen LogP contribution in [0.1, 0.15) is 13.8 Å². The molecule has 4 rings (SSSR count). The minimum atomic E-state index is -3.55. The molecule has 2 radical (unpaired) electrons. The second kappa shape index (κ2) is 13.3. The van der Waals surface area contributed by atoms with Crippen LogP contribution in [0.25, 0.3) is 0 Å². The van der Waals surface area contributed by atoms with Crippen molar-refractivity contribution >= 4 is 82.4 Å². The number of benzene rings is 2. The Morgan fingerprint density at radius 2 is 1.82 bits per heavy atom. The van der Waals surface area contributed by atoms with Gasteiger partial charge < -0.3 is 5.32 Å². The summed E-state index contributed by atoms with van der Waals surface area (Å²) < 4.78 is 37.4. The van der Waals surface area contributed by atoms with Crippen LogP contribution in [0.4, 0.5) is 11.4 Å². The van der Waals surface area contributed by atoms with Crippen LogP contribution < -0.4 is 10.3 Å². The van der Waals surface area contributed by atoms with Crippen molar-refractivity contribution in [3.63, 3.8) is 0 Å². The molecule has 0 aliphatic carbocycles. The third-order valence-electron chi connectivity index (χ3n) is 5.42. The quantitative estimate of drug-likeness (QED) is 0.223. The number of hydrogen-bond acceptors (Lipinski definition) is 11. The first-order valence-corrected chi connectivity index (χ1v) is 20.9. The predicted octanol–water partition coefficient (Wildman–Crippen LogP) is 3.93. The summed E-state index contributed by atoms with van der Waals surface area (Å²) in [6.07, 6.45) is 0. The first-order chi connectivity index (χ1) is 18.3. The molecular weight excluding hydrogens is 742 g/mol. The zero-order chi connectivity index (χ0) is 27.1. The Morgan fingerprint density at radius 1 is 1.13 bits per heavy atom. The summed E-state index contributed by atoms with van der Waals surface area (Å²) in [7, 11) is -2.14. The summed E-state index contributed by atoms with van der Waals surface area (Å²) in [6.45, 7) is 5.33. The van der Waals surface area contributed by atoms with E-state index in [4.69, 9.17) is 8.10 Å². The zero-order valence-corrected chi connectivity index (χ0v) is 27.0. The van der Waals surface area contributed by atoms with Gasteiger partial charge in [0, 0.05) is 13.1 Å². The van der Waals surface area contributed by atoms with Crippen LogP contribution >= 0.6 is 20.3 Å². The fraction of sp³-hybridized carbons (Fsp3) is 0.261. The average molecular weight is 767 g/mol. The Hall–Kier alpha value is -2.12. The number of hydrazone groups is 1. The molecule has 1 saturated heterocycles. The van der Waals surface area contributed by atoms with E-state index in [2.05, 4.69) is 20.1 Å². The summed E-state index contributed by atoms with van der Waals surface area (Å²) in [5.41, 5.74) is 2.52. The maximum atomic E-state index is 12.9. The maximum absolute atomic E-state index is 12.9. The normalized spacial score (nSPS) is 18.1. The molecular formula is C23H25N7O4PbS3. The van der Waals surface area contributed by atoms with Gasteiger partial charge in [0.1, 0.15) is 0 Å². The molecule has 0 amide bonds. The third kappa shape index (κ3) is 7.09. The van der Waals surface area contributed by atoms with Gasteiger partial charge in [-0.1, -0.05) is 0 Å². The molecule has 0 aromatic heterocycles. The Labute approximate surface area is 240 Å². The number of hydrogen-bond donors (Lipinski definition) is 2. The molecule has 1 fully saturated rings. The SMILES string of the molecule is CC(=O)[O][Pb][S]/C(SN=Nc1ccc(S(=O)(=O)N2CCNCC2)cc1)=C1/C(=N)N(c2ccccc2)N=C1C. The molecule has 2 aromatic rings. The number of nitrogens with one attached hydrogen (secondary N) is 2. The number of sulfonamides is 1. The molecule has 0 spiro atoms. The summed E-state index contributed by atoms with van der Waals surface area (Å²) in [6, 6.07) is 15.7. The fourth-order valence-electron chi connectivity index (χ4n) is 3.58. The molecule has 15 heteroatoms. The van der Waals surface area contributed by atoms with Crippen LogP contribution in [-0.4, -0.2) is 79.6 Å². The van der Waals surface area contributed by atoms with Gasteiger partial charge in [0.15, 0.2) is 0 Å². The molecule has 0 bridgehead atoms. The Bertz CT molecular complexity index is 1380. The summed E-state index contributed by atoms with van der Waals surface area (Å²) in [5.74, 6) is -0.127. The van der Waals surface area contributed by atoms with E-state index >= 15 is 0 Å². The van der Waals surface area contributed by atoms with E-state index in [0.717, 1.165) is 17.6 Å². The first-order valence-electron chi connectivity index (χ1n) is 11.5. The van der Waals surface area contributed by atoms with Crippen LogP contribution in [0.5, 0.6) is 0 Å². The molecule has 0 saturated carbocycles. The van der Waals surface area contributed by atoms with Gasteiger partial charge in [-0.15, -0.1) is 0 Å². The number of para-hydroxylation sites is 1. The van der Waals surface area contributed by atoms with E-state index in [1.54, 1.807) is 17.1 Å². The Kier molecular flexibility index (Phi) is 10.1. The summed E-state index contributed by atoms with van der Waals surface area (Å²) in [4.78, 5) is 11.5. The number of carbonyl (C=O) groups excluding carboxylic acids is 1. The van der Waals surface area contributed by atoms with Crippen molar-refractivity contribution in [3.8, 4) is 0 Å². The first kappa shape index (κ1) is 28.9. The van der Waals surface area contributed by atoms with Crippen molar-refractivity contribution < 1.29 is 15.9 Å². The van der Waals surface area contributed by atoms with Gasteiger partial charge in [-0.25, -0.2) is 0 Å². The van der Waals surface area contributed by atoms with Gasteiger partial charge in [-0.05, 0) is 0 Å². The van der Waals surface area contributed by atoms with Crippen LogP contribution in [0.3, 0.4) is 0 Å². The van der Waals surface area contributed by atoms with E-state index in [0.29, 0.717) is 47.4 Å². The molecule has 198 valence electrons. The van der Waals surface area contributed by atoms with E-state index in [-0.39, 0.29) is 16.7 Å². The molecule has 2 N–H and O–H groups in total. The average Bonchev–Trinajstić information content (AvgIpc) is 3.22. The number of nitrogens with zero attached hydrogens (tertiary/aromatic N) is 5. The van der Waals surface area contributed by atoms with Crippen molar-refractivity contribution in [1.29, 1.82) is 5.41 Å². The van der Waals surface area contributed by atoms with E-state index in [1.807, 2.05) is 37.3 Å². The molecule has 0 atom stereocenters. The van der Waals surface area contributed by atoms with Gasteiger partial charge in [0.2, 0.25) is 0 Å².